The maximum atomic E-state index is 12.9. The highest BCUT2D eigenvalue weighted by Gasteiger charge is 2.32. The van der Waals surface area contributed by atoms with E-state index >= 15 is 0 Å². The molecule has 8 heteroatoms. The molecular weight excluding hydrogens is 406 g/mol. The zero-order valence-corrected chi connectivity index (χ0v) is 18.1. The summed E-state index contributed by atoms with van der Waals surface area (Å²) in [5, 5.41) is 1.06. The molecule has 0 aliphatic carbocycles. The molecule has 0 spiro atoms. The van der Waals surface area contributed by atoms with E-state index in [0.717, 1.165) is 35.4 Å². The second kappa shape index (κ2) is 8.79. The minimum atomic E-state index is -0.0747. The van der Waals surface area contributed by atoms with Crippen LogP contribution < -0.4 is 4.90 Å². The fraction of sp³-hybridized carbons (Fsp3) is 0.381. The smallest absolute Gasteiger partial charge is 0.266 e. The maximum Gasteiger partial charge on any atom is 0.266 e. The van der Waals surface area contributed by atoms with Crippen molar-refractivity contribution < 1.29 is 14.3 Å². The number of amides is 1. The number of rotatable bonds is 5. The molecule has 0 radical (unpaired) electrons. The standard InChI is InChI=1S/C21H23N3O3S2/c1-14-3-4-17-15(11-14)12-16(19(22-17)23-5-9-27-10-6-23)13-18-20(25)24(7-8-26-2)21(28)29-18/h3-4,11-13H,5-10H2,1-2H3/b18-13-. The van der Waals surface area contributed by atoms with E-state index in [9.17, 15) is 4.79 Å². The molecule has 29 heavy (non-hydrogen) atoms. The summed E-state index contributed by atoms with van der Waals surface area (Å²) >= 11 is 6.74. The number of fused-ring (bicyclic) bond motifs is 1. The Morgan fingerprint density at radius 3 is 2.86 bits per heavy atom. The number of thiocarbonyl (C=S) groups is 1. The summed E-state index contributed by atoms with van der Waals surface area (Å²) in [5.74, 6) is 0.807. The quantitative estimate of drug-likeness (QED) is 0.534. The Bertz CT molecular complexity index is 987. The van der Waals surface area contributed by atoms with Gasteiger partial charge in [-0.2, -0.15) is 0 Å². The van der Waals surface area contributed by atoms with Gasteiger partial charge in [0, 0.05) is 31.1 Å². The monoisotopic (exact) mass is 429 g/mol. The lowest BCUT2D eigenvalue weighted by atomic mass is 10.1. The van der Waals surface area contributed by atoms with Gasteiger partial charge in [-0.3, -0.25) is 9.69 Å². The molecule has 1 amide bonds. The fourth-order valence-corrected chi connectivity index (χ4v) is 4.75. The number of hydrogen-bond donors (Lipinski definition) is 0. The van der Waals surface area contributed by atoms with Crippen molar-refractivity contribution in [2.45, 2.75) is 6.92 Å². The molecule has 2 fully saturated rings. The van der Waals surface area contributed by atoms with Gasteiger partial charge in [-0.15, -0.1) is 0 Å². The first-order valence-corrected chi connectivity index (χ1v) is 10.8. The highest BCUT2D eigenvalue weighted by Crippen LogP contribution is 2.35. The van der Waals surface area contributed by atoms with Gasteiger partial charge in [0.05, 0.1) is 36.8 Å². The van der Waals surface area contributed by atoms with E-state index in [4.69, 9.17) is 26.7 Å². The van der Waals surface area contributed by atoms with Crippen LogP contribution >= 0.6 is 24.0 Å². The van der Waals surface area contributed by atoms with Crippen LogP contribution in [0.4, 0.5) is 5.82 Å². The number of carbonyl (C=O) groups excluding carboxylic acids is 1. The van der Waals surface area contributed by atoms with Crippen molar-refractivity contribution in [3.05, 3.63) is 40.3 Å². The van der Waals surface area contributed by atoms with Crippen molar-refractivity contribution >= 4 is 57.0 Å². The predicted molar refractivity (Wildman–Crippen MR) is 121 cm³/mol. The Morgan fingerprint density at radius 2 is 2.10 bits per heavy atom. The molecule has 6 nitrogen and oxygen atoms in total. The Morgan fingerprint density at radius 1 is 1.31 bits per heavy atom. The summed E-state index contributed by atoms with van der Waals surface area (Å²) in [6.45, 7) is 5.88. The molecule has 3 heterocycles. The average Bonchev–Trinajstić information content (AvgIpc) is 2.99. The number of benzene rings is 1. The third-order valence-electron chi connectivity index (χ3n) is 4.97. The highest BCUT2D eigenvalue weighted by atomic mass is 32.2. The van der Waals surface area contributed by atoms with E-state index in [1.54, 1.807) is 12.0 Å². The van der Waals surface area contributed by atoms with Gasteiger partial charge in [-0.1, -0.05) is 35.6 Å². The number of pyridine rings is 1. The average molecular weight is 430 g/mol. The molecule has 0 bridgehead atoms. The lowest BCUT2D eigenvalue weighted by Gasteiger charge is -2.29. The molecular formula is C21H23N3O3S2. The van der Waals surface area contributed by atoms with Crippen molar-refractivity contribution in [3.63, 3.8) is 0 Å². The number of thioether (sulfide) groups is 1. The van der Waals surface area contributed by atoms with Crippen LogP contribution in [0.15, 0.2) is 29.2 Å². The minimum Gasteiger partial charge on any atom is -0.383 e. The molecule has 2 aliphatic rings. The first kappa shape index (κ1) is 20.3. The Balaban J connectivity index is 1.76. The third kappa shape index (κ3) is 4.30. The summed E-state index contributed by atoms with van der Waals surface area (Å²) in [5.41, 5.74) is 3.05. The van der Waals surface area contributed by atoms with E-state index in [0.29, 0.717) is 35.6 Å². The number of ether oxygens (including phenoxy) is 2. The number of aryl methyl sites for hydroxylation is 1. The van der Waals surface area contributed by atoms with Crippen LogP contribution in [0.2, 0.25) is 0 Å². The van der Waals surface area contributed by atoms with Crippen molar-refractivity contribution in [1.82, 2.24) is 9.88 Å². The molecule has 1 aromatic carbocycles. The van der Waals surface area contributed by atoms with Crippen LogP contribution in [0.1, 0.15) is 11.1 Å². The summed E-state index contributed by atoms with van der Waals surface area (Å²) < 4.78 is 11.2. The highest BCUT2D eigenvalue weighted by molar-refractivity contribution is 8.26. The van der Waals surface area contributed by atoms with Crippen LogP contribution in [-0.2, 0) is 14.3 Å². The summed E-state index contributed by atoms with van der Waals surface area (Å²) in [7, 11) is 1.62. The molecule has 0 N–H and O–H groups in total. The first-order chi connectivity index (χ1) is 14.1. The van der Waals surface area contributed by atoms with E-state index in [2.05, 4.69) is 30.0 Å². The Hall–Kier alpha value is -2.00. The van der Waals surface area contributed by atoms with Crippen molar-refractivity contribution in [2.24, 2.45) is 0 Å². The lowest BCUT2D eigenvalue weighted by molar-refractivity contribution is -0.122. The van der Waals surface area contributed by atoms with E-state index in [-0.39, 0.29) is 5.91 Å². The molecule has 2 aliphatic heterocycles. The van der Waals surface area contributed by atoms with Crippen LogP contribution in [0.25, 0.3) is 17.0 Å². The Labute approximate surface area is 179 Å². The predicted octanol–water partition coefficient (Wildman–Crippen LogP) is 3.23. The summed E-state index contributed by atoms with van der Waals surface area (Å²) in [6.07, 6.45) is 1.92. The van der Waals surface area contributed by atoms with Gasteiger partial charge in [0.15, 0.2) is 0 Å². The number of nitrogens with zero attached hydrogens (tertiary/aromatic N) is 3. The summed E-state index contributed by atoms with van der Waals surface area (Å²) in [6, 6.07) is 8.34. The van der Waals surface area contributed by atoms with Gasteiger partial charge in [0.1, 0.15) is 10.1 Å². The normalized spacial score (nSPS) is 19.0. The van der Waals surface area contributed by atoms with Gasteiger partial charge < -0.3 is 14.4 Å². The summed E-state index contributed by atoms with van der Waals surface area (Å²) in [4.78, 5) is 22.2. The van der Waals surface area contributed by atoms with E-state index in [1.165, 1.54) is 17.3 Å². The molecule has 0 saturated carbocycles. The number of morpholine rings is 1. The van der Waals surface area contributed by atoms with Crippen molar-refractivity contribution in [2.75, 3.05) is 51.5 Å². The fourth-order valence-electron chi connectivity index (χ4n) is 3.45. The van der Waals surface area contributed by atoms with E-state index in [1.807, 2.05) is 12.1 Å². The third-order valence-corrected chi connectivity index (χ3v) is 6.35. The van der Waals surface area contributed by atoms with Crippen molar-refractivity contribution in [1.29, 1.82) is 0 Å². The molecule has 1 aromatic heterocycles. The minimum absolute atomic E-state index is 0.0747. The van der Waals surface area contributed by atoms with Gasteiger partial charge in [0.25, 0.3) is 5.91 Å². The second-order valence-corrected chi connectivity index (χ2v) is 8.70. The number of hydrogen-bond acceptors (Lipinski definition) is 7. The van der Waals surface area contributed by atoms with Crippen LogP contribution in [0.5, 0.6) is 0 Å². The lowest BCUT2D eigenvalue weighted by Crippen LogP contribution is -2.37. The SMILES string of the molecule is COCCN1C(=O)/C(=C/c2cc3cc(C)ccc3nc2N2CCOCC2)SC1=S. The van der Waals surface area contributed by atoms with E-state index < -0.39 is 0 Å². The zero-order valence-electron chi connectivity index (χ0n) is 16.5. The number of carbonyl (C=O) groups is 1. The maximum absolute atomic E-state index is 12.9. The molecule has 0 atom stereocenters. The first-order valence-electron chi connectivity index (χ1n) is 9.55. The van der Waals surface area contributed by atoms with Gasteiger partial charge in [-0.25, -0.2) is 4.98 Å². The number of methoxy groups -OCH3 is 1. The number of anilines is 1. The van der Waals surface area contributed by atoms with Gasteiger partial charge >= 0.3 is 0 Å². The van der Waals surface area contributed by atoms with Gasteiger partial charge in [-0.05, 0) is 31.2 Å². The molecule has 4 rings (SSSR count). The topological polar surface area (TPSA) is 54.9 Å². The van der Waals surface area contributed by atoms with Crippen LogP contribution in [0, 0.1) is 6.92 Å². The van der Waals surface area contributed by atoms with Crippen molar-refractivity contribution in [3.8, 4) is 0 Å². The largest absolute Gasteiger partial charge is 0.383 e. The molecule has 2 aromatic rings. The van der Waals surface area contributed by atoms with Crippen LogP contribution in [-0.4, -0.2) is 66.7 Å². The second-order valence-electron chi connectivity index (χ2n) is 7.02. The van der Waals surface area contributed by atoms with Crippen LogP contribution in [0.3, 0.4) is 0 Å². The number of aromatic nitrogens is 1. The molecule has 0 unspecified atom stereocenters. The molecule has 152 valence electrons. The van der Waals surface area contributed by atoms with Gasteiger partial charge in [0.2, 0.25) is 0 Å². The Kier molecular flexibility index (Phi) is 6.15. The molecule has 2 saturated heterocycles. The zero-order chi connectivity index (χ0) is 20.4.